The van der Waals surface area contributed by atoms with Crippen molar-refractivity contribution in [2.45, 2.75) is 36.9 Å². The third kappa shape index (κ3) is 4.63. The molecule has 0 unspecified atom stereocenters. The van der Waals surface area contributed by atoms with Crippen LogP contribution in [0.25, 0.3) is 0 Å². The fourth-order valence-electron chi connectivity index (χ4n) is 2.00. The van der Waals surface area contributed by atoms with E-state index in [-0.39, 0.29) is 22.1 Å². The Kier molecular flexibility index (Phi) is 4.93. The minimum Gasteiger partial charge on any atom is -0.347 e. The molecular weight excluding hydrogens is 332 g/mol. The fraction of sp³-hybridized carbons (Fsp3) is 0.312. The normalized spacial score (nSPS) is 12.2. The van der Waals surface area contributed by atoms with Gasteiger partial charge in [-0.25, -0.2) is 13.6 Å². The Morgan fingerprint density at radius 2 is 1.74 bits per heavy atom. The molecule has 7 heteroatoms. The van der Waals surface area contributed by atoms with Gasteiger partial charge in [0.25, 0.3) is 5.91 Å². The van der Waals surface area contributed by atoms with Gasteiger partial charge in [0.15, 0.2) is 0 Å². The highest BCUT2D eigenvalue weighted by molar-refractivity contribution is 7.91. The van der Waals surface area contributed by atoms with Gasteiger partial charge in [0, 0.05) is 10.4 Å². The van der Waals surface area contributed by atoms with Crippen LogP contribution in [0.2, 0.25) is 0 Å². The third-order valence-corrected chi connectivity index (χ3v) is 5.88. The van der Waals surface area contributed by atoms with Gasteiger partial charge in [-0.1, -0.05) is 32.9 Å². The van der Waals surface area contributed by atoms with E-state index >= 15 is 0 Å². The van der Waals surface area contributed by atoms with Crippen LogP contribution in [-0.2, 0) is 22.0 Å². The number of thiophene rings is 1. The van der Waals surface area contributed by atoms with E-state index in [1.165, 1.54) is 6.07 Å². The van der Waals surface area contributed by atoms with Gasteiger partial charge in [-0.05, 0) is 35.2 Å². The molecular formula is C16H20N2O3S2. The maximum atomic E-state index is 12.1. The van der Waals surface area contributed by atoms with Gasteiger partial charge in [-0.2, -0.15) is 0 Å². The van der Waals surface area contributed by atoms with Crippen molar-refractivity contribution in [3.63, 3.8) is 0 Å². The minimum atomic E-state index is -3.69. The van der Waals surface area contributed by atoms with Crippen molar-refractivity contribution in [1.82, 2.24) is 5.32 Å². The van der Waals surface area contributed by atoms with Crippen LogP contribution >= 0.6 is 11.3 Å². The van der Waals surface area contributed by atoms with Crippen LogP contribution in [0, 0.1) is 0 Å². The van der Waals surface area contributed by atoms with Crippen molar-refractivity contribution in [3.8, 4) is 0 Å². The van der Waals surface area contributed by atoms with Crippen molar-refractivity contribution in [1.29, 1.82) is 0 Å². The number of rotatable bonds is 4. The van der Waals surface area contributed by atoms with Crippen LogP contribution in [-0.4, -0.2) is 14.3 Å². The van der Waals surface area contributed by atoms with Gasteiger partial charge in [-0.15, -0.1) is 11.3 Å². The molecule has 1 amide bonds. The van der Waals surface area contributed by atoms with E-state index in [0.29, 0.717) is 5.56 Å². The predicted octanol–water partition coefficient (Wildman–Crippen LogP) is 2.62. The molecule has 0 aliphatic heterocycles. The molecule has 3 N–H and O–H groups in total. The van der Waals surface area contributed by atoms with E-state index in [2.05, 4.69) is 26.1 Å². The molecule has 2 rings (SSSR count). The quantitative estimate of drug-likeness (QED) is 0.886. The highest BCUT2D eigenvalue weighted by Gasteiger charge is 2.15. The van der Waals surface area contributed by atoms with E-state index in [1.807, 2.05) is 12.1 Å². The number of nitrogens with one attached hydrogen (secondary N) is 1. The number of sulfonamides is 1. The largest absolute Gasteiger partial charge is 0.347 e. The second-order valence-corrected chi connectivity index (χ2v) is 9.23. The Balaban J connectivity index is 2.01. The number of nitrogens with two attached hydrogens (primary N) is 1. The van der Waals surface area contributed by atoms with E-state index < -0.39 is 10.0 Å². The Hall–Kier alpha value is -1.70. The maximum Gasteiger partial charge on any atom is 0.251 e. The minimum absolute atomic E-state index is 0.0378. The Morgan fingerprint density at radius 1 is 1.13 bits per heavy atom. The Bertz CT molecular complexity index is 801. The zero-order valence-corrected chi connectivity index (χ0v) is 14.9. The Morgan fingerprint density at radius 3 is 2.22 bits per heavy atom. The fourth-order valence-corrected chi connectivity index (χ4v) is 3.72. The molecule has 124 valence electrons. The molecule has 0 spiro atoms. The zero-order chi connectivity index (χ0) is 17.3. The molecule has 0 saturated heterocycles. The standard InChI is InChI=1S/C16H20N2O3S2/c1-16(2,3)12-6-4-11(5-7-12)15(19)18-10-13-8-9-14(22-13)23(17,20)21/h4-9H,10H2,1-3H3,(H,18,19)(H2,17,20,21). The molecule has 0 radical (unpaired) electrons. The highest BCUT2D eigenvalue weighted by Crippen LogP contribution is 2.22. The van der Waals surface area contributed by atoms with Crippen molar-refractivity contribution in [3.05, 3.63) is 52.4 Å². The lowest BCUT2D eigenvalue weighted by molar-refractivity contribution is 0.0951. The SMILES string of the molecule is CC(C)(C)c1ccc(C(=O)NCc2ccc(S(N)(=O)=O)s2)cc1. The van der Waals surface area contributed by atoms with Gasteiger partial charge in [-0.3, -0.25) is 4.79 Å². The first kappa shape index (κ1) is 17.7. The average Bonchev–Trinajstić information content (AvgIpc) is 2.93. The summed E-state index contributed by atoms with van der Waals surface area (Å²) < 4.78 is 22.5. The molecule has 5 nitrogen and oxygen atoms in total. The summed E-state index contributed by atoms with van der Waals surface area (Å²) in [7, 11) is -3.69. The summed E-state index contributed by atoms with van der Waals surface area (Å²) in [4.78, 5) is 12.9. The first-order chi connectivity index (χ1) is 10.6. The number of carbonyl (C=O) groups excluding carboxylic acids is 1. The van der Waals surface area contributed by atoms with Gasteiger partial charge in [0.05, 0.1) is 6.54 Å². The molecule has 1 heterocycles. The summed E-state index contributed by atoms with van der Waals surface area (Å²) >= 11 is 1.06. The molecule has 0 aliphatic rings. The first-order valence-corrected chi connectivity index (χ1v) is 9.44. The monoisotopic (exact) mass is 352 g/mol. The first-order valence-electron chi connectivity index (χ1n) is 7.07. The number of benzene rings is 1. The number of hydrogen-bond acceptors (Lipinski definition) is 4. The van der Waals surface area contributed by atoms with Crippen LogP contribution < -0.4 is 10.5 Å². The second-order valence-electron chi connectivity index (χ2n) is 6.28. The second kappa shape index (κ2) is 6.43. The number of hydrogen-bond donors (Lipinski definition) is 2. The zero-order valence-electron chi connectivity index (χ0n) is 13.3. The van der Waals surface area contributed by atoms with Crippen molar-refractivity contribution < 1.29 is 13.2 Å². The molecule has 1 aromatic heterocycles. The highest BCUT2D eigenvalue weighted by atomic mass is 32.2. The number of carbonyl (C=O) groups is 1. The lowest BCUT2D eigenvalue weighted by Crippen LogP contribution is -2.22. The van der Waals surface area contributed by atoms with Gasteiger partial charge < -0.3 is 5.32 Å². The molecule has 2 aromatic rings. The predicted molar refractivity (Wildman–Crippen MR) is 92.0 cm³/mol. The summed E-state index contributed by atoms with van der Waals surface area (Å²) in [6, 6.07) is 10.6. The molecule has 0 saturated carbocycles. The number of amides is 1. The van der Waals surface area contributed by atoms with E-state index in [4.69, 9.17) is 5.14 Å². The molecule has 1 aromatic carbocycles. The van der Waals surface area contributed by atoms with Crippen LogP contribution in [0.15, 0.2) is 40.6 Å². The van der Waals surface area contributed by atoms with Gasteiger partial charge in [0.2, 0.25) is 10.0 Å². The summed E-state index contributed by atoms with van der Waals surface area (Å²) in [6.07, 6.45) is 0. The summed E-state index contributed by atoms with van der Waals surface area (Å²) in [5.41, 5.74) is 1.77. The molecule has 23 heavy (non-hydrogen) atoms. The molecule has 0 aliphatic carbocycles. The van der Waals surface area contributed by atoms with Crippen molar-refractivity contribution >= 4 is 27.3 Å². The smallest absolute Gasteiger partial charge is 0.251 e. The summed E-state index contributed by atoms with van der Waals surface area (Å²) in [5, 5.41) is 7.84. The average molecular weight is 352 g/mol. The van der Waals surface area contributed by atoms with Crippen LogP contribution in [0.1, 0.15) is 41.6 Å². The molecule has 0 bridgehead atoms. The van der Waals surface area contributed by atoms with Crippen molar-refractivity contribution in [2.75, 3.05) is 0 Å². The molecule has 0 atom stereocenters. The van der Waals surface area contributed by atoms with Crippen LogP contribution in [0.4, 0.5) is 0 Å². The van der Waals surface area contributed by atoms with Crippen LogP contribution in [0.3, 0.4) is 0 Å². The Labute approximate surface area is 140 Å². The molecule has 0 fully saturated rings. The third-order valence-electron chi connectivity index (χ3n) is 3.35. The maximum absolute atomic E-state index is 12.1. The van der Waals surface area contributed by atoms with Gasteiger partial charge in [0.1, 0.15) is 4.21 Å². The van der Waals surface area contributed by atoms with Crippen LogP contribution in [0.5, 0.6) is 0 Å². The lowest BCUT2D eigenvalue weighted by Gasteiger charge is -2.19. The van der Waals surface area contributed by atoms with Crippen molar-refractivity contribution in [2.24, 2.45) is 5.14 Å². The van der Waals surface area contributed by atoms with E-state index in [0.717, 1.165) is 21.8 Å². The number of primary sulfonamides is 1. The van der Waals surface area contributed by atoms with E-state index in [9.17, 15) is 13.2 Å². The summed E-state index contributed by atoms with van der Waals surface area (Å²) in [5.74, 6) is -0.198. The topological polar surface area (TPSA) is 89.3 Å². The van der Waals surface area contributed by atoms with E-state index in [1.54, 1.807) is 18.2 Å². The summed E-state index contributed by atoms with van der Waals surface area (Å²) in [6.45, 7) is 6.60. The lowest BCUT2D eigenvalue weighted by atomic mass is 9.87. The van der Waals surface area contributed by atoms with Gasteiger partial charge >= 0.3 is 0 Å².